The van der Waals surface area contributed by atoms with E-state index in [0.717, 1.165) is 5.56 Å². The number of ether oxygens (including phenoxy) is 1. The maximum Gasteiger partial charge on any atom is 0.164 e. The lowest BCUT2D eigenvalue weighted by Gasteiger charge is -2.13. The molecule has 0 saturated heterocycles. The van der Waals surface area contributed by atoms with Crippen molar-refractivity contribution in [1.29, 1.82) is 0 Å². The van der Waals surface area contributed by atoms with Gasteiger partial charge >= 0.3 is 0 Å². The van der Waals surface area contributed by atoms with E-state index < -0.39 is 0 Å². The first-order valence-electron chi connectivity index (χ1n) is 5.73. The first kappa shape index (κ1) is 14.0. The van der Waals surface area contributed by atoms with Gasteiger partial charge in [0.05, 0.1) is 10.0 Å². The Morgan fingerprint density at radius 3 is 2.37 bits per heavy atom. The molecule has 3 nitrogen and oxygen atoms in total. The Hall–Kier alpha value is -1.42. The van der Waals surface area contributed by atoms with Crippen LogP contribution in [-0.2, 0) is 6.42 Å². The van der Waals surface area contributed by atoms with E-state index in [0.29, 0.717) is 33.7 Å². The molecule has 2 rings (SSSR count). The molecule has 2 aromatic carbocycles. The Balaban J connectivity index is 2.36. The Kier molecular flexibility index (Phi) is 4.53. The monoisotopic (exact) mass is 297 g/mol. The van der Waals surface area contributed by atoms with Gasteiger partial charge in [-0.05, 0) is 30.2 Å². The van der Waals surface area contributed by atoms with Gasteiger partial charge in [0.1, 0.15) is 5.75 Å². The highest BCUT2D eigenvalue weighted by Gasteiger charge is 2.12. The topological polar surface area (TPSA) is 55.5 Å². The summed E-state index contributed by atoms with van der Waals surface area (Å²) < 4.78 is 5.75. The number of aliphatic hydroxyl groups is 1. The molecule has 0 aliphatic heterocycles. The lowest BCUT2D eigenvalue weighted by molar-refractivity contribution is 0.298. The molecule has 2 aromatic rings. The number of rotatable bonds is 4. The van der Waals surface area contributed by atoms with E-state index >= 15 is 0 Å². The van der Waals surface area contributed by atoms with Crippen molar-refractivity contribution in [3.8, 4) is 11.5 Å². The second-order valence-electron chi connectivity index (χ2n) is 4.00. The standard InChI is InChI=1S/C14H13Cl2NO2/c15-11-7-10(17)8-12(16)14(11)19-13-4-2-1-3-9(13)5-6-18/h1-4,7-8,18H,5-6,17H2. The van der Waals surface area contributed by atoms with Gasteiger partial charge in [-0.15, -0.1) is 0 Å². The van der Waals surface area contributed by atoms with E-state index in [1.54, 1.807) is 18.2 Å². The minimum absolute atomic E-state index is 0.0452. The Morgan fingerprint density at radius 1 is 1.11 bits per heavy atom. The summed E-state index contributed by atoms with van der Waals surface area (Å²) in [6.07, 6.45) is 0.500. The molecule has 0 heterocycles. The van der Waals surface area contributed by atoms with Gasteiger partial charge in [0.2, 0.25) is 0 Å². The van der Waals surface area contributed by atoms with Crippen LogP contribution in [0, 0.1) is 0 Å². The van der Waals surface area contributed by atoms with E-state index in [1.807, 2.05) is 18.2 Å². The van der Waals surface area contributed by atoms with Crippen molar-refractivity contribution in [2.45, 2.75) is 6.42 Å². The normalized spacial score (nSPS) is 10.5. The Bertz CT molecular complexity index is 564. The van der Waals surface area contributed by atoms with Crippen LogP contribution in [-0.4, -0.2) is 11.7 Å². The second-order valence-corrected chi connectivity index (χ2v) is 4.81. The number of hydrogen-bond donors (Lipinski definition) is 2. The van der Waals surface area contributed by atoms with Crippen LogP contribution in [0.25, 0.3) is 0 Å². The van der Waals surface area contributed by atoms with Gasteiger partial charge in [0.15, 0.2) is 5.75 Å². The van der Waals surface area contributed by atoms with E-state index in [2.05, 4.69) is 0 Å². The third-order valence-electron chi connectivity index (χ3n) is 2.59. The molecule has 0 atom stereocenters. The minimum Gasteiger partial charge on any atom is -0.454 e. The molecular formula is C14H13Cl2NO2. The van der Waals surface area contributed by atoms with Crippen molar-refractivity contribution in [2.24, 2.45) is 0 Å². The maximum absolute atomic E-state index is 9.03. The molecule has 0 amide bonds. The predicted molar refractivity (Wildman–Crippen MR) is 78.2 cm³/mol. The fourth-order valence-electron chi connectivity index (χ4n) is 1.72. The van der Waals surface area contributed by atoms with E-state index in [9.17, 15) is 0 Å². The second kappa shape index (κ2) is 6.15. The molecule has 0 fully saturated rings. The van der Waals surface area contributed by atoms with Crippen LogP contribution in [0.2, 0.25) is 10.0 Å². The lowest BCUT2D eigenvalue weighted by Crippen LogP contribution is -1.96. The molecule has 0 bridgehead atoms. The van der Waals surface area contributed by atoms with Crippen molar-refractivity contribution in [3.05, 3.63) is 52.0 Å². The van der Waals surface area contributed by atoms with E-state index in [-0.39, 0.29) is 6.61 Å². The minimum atomic E-state index is 0.0452. The van der Waals surface area contributed by atoms with Crippen LogP contribution < -0.4 is 10.5 Å². The van der Waals surface area contributed by atoms with Crippen molar-refractivity contribution in [3.63, 3.8) is 0 Å². The summed E-state index contributed by atoms with van der Waals surface area (Å²) in [6.45, 7) is 0.0452. The van der Waals surface area contributed by atoms with E-state index in [1.165, 1.54) is 0 Å². The van der Waals surface area contributed by atoms with Crippen LogP contribution in [0.15, 0.2) is 36.4 Å². The largest absolute Gasteiger partial charge is 0.454 e. The molecule has 0 saturated carbocycles. The zero-order valence-corrected chi connectivity index (χ0v) is 11.6. The number of nitrogens with two attached hydrogens (primary N) is 1. The van der Waals surface area contributed by atoms with Crippen LogP contribution in [0.1, 0.15) is 5.56 Å². The summed E-state index contributed by atoms with van der Waals surface area (Å²) >= 11 is 12.2. The fourth-order valence-corrected chi connectivity index (χ4v) is 2.30. The average molecular weight is 298 g/mol. The number of halogens is 2. The van der Waals surface area contributed by atoms with Crippen LogP contribution in [0.3, 0.4) is 0 Å². The van der Waals surface area contributed by atoms with Gasteiger partial charge in [-0.1, -0.05) is 41.4 Å². The number of para-hydroxylation sites is 1. The smallest absolute Gasteiger partial charge is 0.164 e. The summed E-state index contributed by atoms with van der Waals surface area (Å²) in [5.41, 5.74) is 7.00. The SMILES string of the molecule is Nc1cc(Cl)c(Oc2ccccc2CCO)c(Cl)c1. The zero-order valence-electron chi connectivity index (χ0n) is 10.1. The molecule has 0 radical (unpaired) electrons. The highest BCUT2D eigenvalue weighted by atomic mass is 35.5. The van der Waals surface area contributed by atoms with Crippen LogP contribution in [0.5, 0.6) is 11.5 Å². The van der Waals surface area contributed by atoms with Crippen molar-refractivity contribution in [2.75, 3.05) is 12.3 Å². The Morgan fingerprint density at radius 2 is 1.74 bits per heavy atom. The summed E-state index contributed by atoms with van der Waals surface area (Å²) in [4.78, 5) is 0. The highest BCUT2D eigenvalue weighted by Crippen LogP contribution is 2.39. The van der Waals surface area contributed by atoms with Gasteiger partial charge in [0, 0.05) is 12.3 Å². The molecule has 0 spiro atoms. The maximum atomic E-state index is 9.03. The number of nitrogen functional groups attached to an aromatic ring is 1. The molecule has 100 valence electrons. The molecule has 0 aliphatic carbocycles. The lowest BCUT2D eigenvalue weighted by atomic mass is 10.1. The molecule has 19 heavy (non-hydrogen) atoms. The van der Waals surface area contributed by atoms with Crippen molar-refractivity contribution < 1.29 is 9.84 Å². The van der Waals surface area contributed by atoms with Crippen molar-refractivity contribution in [1.82, 2.24) is 0 Å². The number of benzene rings is 2. The third kappa shape index (κ3) is 3.32. The van der Waals surface area contributed by atoms with Crippen LogP contribution in [0.4, 0.5) is 5.69 Å². The van der Waals surface area contributed by atoms with Gasteiger partial charge in [-0.2, -0.15) is 0 Å². The number of hydrogen-bond acceptors (Lipinski definition) is 3. The average Bonchev–Trinajstić information content (AvgIpc) is 2.36. The Labute approximate surface area is 121 Å². The summed E-state index contributed by atoms with van der Waals surface area (Å²) in [6, 6.07) is 10.6. The molecule has 0 unspecified atom stereocenters. The fraction of sp³-hybridized carbons (Fsp3) is 0.143. The number of anilines is 1. The molecule has 0 aliphatic rings. The van der Waals surface area contributed by atoms with Crippen LogP contribution >= 0.6 is 23.2 Å². The highest BCUT2D eigenvalue weighted by molar-refractivity contribution is 6.37. The van der Waals surface area contributed by atoms with Gasteiger partial charge in [-0.3, -0.25) is 0 Å². The van der Waals surface area contributed by atoms with Crippen molar-refractivity contribution >= 4 is 28.9 Å². The summed E-state index contributed by atoms with van der Waals surface area (Å²) in [5.74, 6) is 0.980. The van der Waals surface area contributed by atoms with Gasteiger partial charge in [0.25, 0.3) is 0 Å². The predicted octanol–water partition coefficient (Wildman–Crippen LogP) is 3.90. The molecule has 3 N–H and O–H groups in total. The summed E-state index contributed by atoms with van der Waals surface area (Å²) in [5, 5.41) is 9.73. The molecule has 0 aromatic heterocycles. The molecule has 5 heteroatoms. The number of aliphatic hydroxyl groups excluding tert-OH is 1. The van der Waals surface area contributed by atoms with E-state index in [4.69, 9.17) is 38.8 Å². The third-order valence-corrected chi connectivity index (χ3v) is 3.15. The molecular weight excluding hydrogens is 285 g/mol. The first-order valence-corrected chi connectivity index (χ1v) is 6.48. The van der Waals surface area contributed by atoms with Gasteiger partial charge < -0.3 is 15.6 Å². The zero-order chi connectivity index (χ0) is 13.8. The quantitative estimate of drug-likeness (QED) is 0.842. The van der Waals surface area contributed by atoms with Gasteiger partial charge in [-0.25, -0.2) is 0 Å². The first-order chi connectivity index (χ1) is 9.11. The summed E-state index contributed by atoms with van der Waals surface area (Å²) in [7, 11) is 0.